The van der Waals surface area contributed by atoms with E-state index < -0.39 is 0 Å². The van der Waals surface area contributed by atoms with Crippen molar-refractivity contribution in [3.8, 4) is 17.5 Å². The topological polar surface area (TPSA) is 68.6 Å². The smallest absolute Gasteiger partial charge is 0.181 e. The Morgan fingerprint density at radius 1 is 1.12 bits per heavy atom. The van der Waals surface area contributed by atoms with Gasteiger partial charge in [0, 0.05) is 12.1 Å². The zero-order valence-electron chi connectivity index (χ0n) is 13.9. The van der Waals surface area contributed by atoms with E-state index in [0.717, 1.165) is 43.1 Å². The molecule has 0 bridgehead atoms. The van der Waals surface area contributed by atoms with E-state index in [9.17, 15) is 0 Å². The molecular formula is C20H19N5. The van der Waals surface area contributed by atoms with Crippen LogP contribution in [0.25, 0.3) is 11.4 Å². The monoisotopic (exact) mass is 329 g/mol. The van der Waals surface area contributed by atoms with Gasteiger partial charge in [0.2, 0.25) is 0 Å². The van der Waals surface area contributed by atoms with Gasteiger partial charge >= 0.3 is 0 Å². The number of aromatic amines is 1. The lowest BCUT2D eigenvalue weighted by Crippen LogP contribution is -2.23. The number of nitrogens with zero attached hydrogens (tertiary/aromatic N) is 4. The van der Waals surface area contributed by atoms with Gasteiger partial charge in [-0.2, -0.15) is 10.4 Å². The Labute approximate surface area is 146 Å². The van der Waals surface area contributed by atoms with Crippen LogP contribution in [0.4, 0.5) is 0 Å². The van der Waals surface area contributed by atoms with Gasteiger partial charge in [0.05, 0.1) is 17.7 Å². The SMILES string of the molecule is N#Cc1ccc(CN2CCCC2c2nc(-c3ccccc3)n[nH]2)cc1. The van der Waals surface area contributed by atoms with Crippen molar-refractivity contribution < 1.29 is 0 Å². The molecule has 124 valence electrons. The second kappa shape index (κ2) is 6.88. The molecule has 1 aromatic heterocycles. The van der Waals surface area contributed by atoms with E-state index in [4.69, 9.17) is 10.2 Å². The minimum absolute atomic E-state index is 0.264. The maximum absolute atomic E-state index is 8.92. The molecule has 4 rings (SSSR count). The summed E-state index contributed by atoms with van der Waals surface area (Å²) < 4.78 is 0. The highest BCUT2D eigenvalue weighted by Gasteiger charge is 2.28. The second-order valence-corrected chi connectivity index (χ2v) is 6.35. The van der Waals surface area contributed by atoms with Crippen LogP contribution in [-0.2, 0) is 6.54 Å². The lowest BCUT2D eigenvalue weighted by molar-refractivity contribution is 0.240. The molecule has 1 aliphatic heterocycles. The van der Waals surface area contributed by atoms with Gasteiger partial charge in [-0.3, -0.25) is 10.00 Å². The Morgan fingerprint density at radius 3 is 2.68 bits per heavy atom. The number of H-pyrrole nitrogens is 1. The molecule has 0 aliphatic carbocycles. The first-order valence-electron chi connectivity index (χ1n) is 8.54. The Morgan fingerprint density at radius 2 is 1.92 bits per heavy atom. The fourth-order valence-corrected chi connectivity index (χ4v) is 3.38. The number of likely N-dealkylation sites (tertiary alicyclic amines) is 1. The first-order valence-corrected chi connectivity index (χ1v) is 8.54. The van der Waals surface area contributed by atoms with E-state index in [-0.39, 0.29) is 6.04 Å². The van der Waals surface area contributed by atoms with Crippen molar-refractivity contribution in [1.82, 2.24) is 20.1 Å². The third kappa shape index (κ3) is 3.30. The third-order valence-electron chi connectivity index (χ3n) is 4.68. The highest BCUT2D eigenvalue weighted by Crippen LogP contribution is 2.32. The van der Waals surface area contributed by atoms with E-state index >= 15 is 0 Å². The minimum atomic E-state index is 0.264. The summed E-state index contributed by atoms with van der Waals surface area (Å²) in [5.74, 6) is 1.69. The highest BCUT2D eigenvalue weighted by molar-refractivity contribution is 5.53. The predicted octanol–water partition coefficient (Wildman–Crippen LogP) is 3.68. The van der Waals surface area contributed by atoms with Gasteiger partial charge in [0.1, 0.15) is 5.82 Å². The Hall–Kier alpha value is -2.97. The van der Waals surface area contributed by atoms with Crippen LogP contribution in [0.1, 0.15) is 35.8 Å². The molecule has 1 unspecified atom stereocenters. The average Bonchev–Trinajstić information content (AvgIpc) is 3.32. The van der Waals surface area contributed by atoms with Crippen molar-refractivity contribution >= 4 is 0 Å². The van der Waals surface area contributed by atoms with Gasteiger partial charge in [-0.05, 0) is 37.1 Å². The van der Waals surface area contributed by atoms with Crippen LogP contribution in [0.5, 0.6) is 0 Å². The summed E-state index contributed by atoms with van der Waals surface area (Å²) in [6, 6.07) is 20.3. The number of rotatable bonds is 4. The van der Waals surface area contributed by atoms with E-state index in [1.165, 1.54) is 5.56 Å². The van der Waals surface area contributed by atoms with Gasteiger partial charge in [-0.25, -0.2) is 4.98 Å². The van der Waals surface area contributed by atoms with Crippen molar-refractivity contribution in [2.75, 3.05) is 6.54 Å². The summed E-state index contributed by atoms with van der Waals surface area (Å²) in [4.78, 5) is 7.16. The first kappa shape index (κ1) is 15.6. The Bertz CT molecular complexity index is 876. The summed E-state index contributed by atoms with van der Waals surface area (Å²) in [7, 11) is 0. The van der Waals surface area contributed by atoms with Gasteiger partial charge in [0.25, 0.3) is 0 Å². The molecule has 5 heteroatoms. The number of nitrogens with one attached hydrogen (secondary N) is 1. The number of hydrogen-bond acceptors (Lipinski definition) is 4. The fourth-order valence-electron chi connectivity index (χ4n) is 3.38. The minimum Gasteiger partial charge on any atom is -0.289 e. The van der Waals surface area contributed by atoms with E-state index in [1.54, 1.807) is 0 Å². The van der Waals surface area contributed by atoms with Gasteiger partial charge in [-0.15, -0.1) is 0 Å². The molecule has 3 aromatic rings. The van der Waals surface area contributed by atoms with Crippen molar-refractivity contribution in [1.29, 1.82) is 5.26 Å². The lowest BCUT2D eigenvalue weighted by atomic mass is 10.1. The van der Waals surface area contributed by atoms with Crippen molar-refractivity contribution in [3.05, 3.63) is 71.5 Å². The molecule has 0 saturated carbocycles. The lowest BCUT2D eigenvalue weighted by Gasteiger charge is -2.22. The van der Waals surface area contributed by atoms with E-state index in [1.807, 2.05) is 54.6 Å². The average molecular weight is 329 g/mol. The number of nitriles is 1. The predicted molar refractivity (Wildman–Crippen MR) is 95.4 cm³/mol. The van der Waals surface area contributed by atoms with Crippen LogP contribution in [0.3, 0.4) is 0 Å². The van der Waals surface area contributed by atoms with Crippen LogP contribution in [0.2, 0.25) is 0 Å². The molecule has 1 N–H and O–H groups in total. The summed E-state index contributed by atoms with van der Waals surface area (Å²) >= 11 is 0. The summed E-state index contributed by atoms with van der Waals surface area (Å²) in [5.41, 5.74) is 2.94. The van der Waals surface area contributed by atoms with Crippen molar-refractivity contribution in [3.63, 3.8) is 0 Å². The quantitative estimate of drug-likeness (QED) is 0.793. The van der Waals surface area contributed by atoms with Crippen LogP contribution in [0.15, 0.2) is 54.6 Å². The molecule has 1 saturated heterocycles. The first-order chi connectivity index (χ1) is 12.3. The molecule has 0 amide bonds. The van der Waals surface area contributed by atoms with Crippen molar-refractivity contribution in [2.24, 2.45) is 0 Å². The van der Waals surface area contributed by atoms with Crippen LogP contribution < -0.4 is 0 Å². The summed E-state index contributed by atoms with van der Waals surface area (Å²) in [5, 5.41) is 16.5. The van der Waals surface area contributed by atoms with Crippen molar-refractivity contribution in [2.45, 2.75) is 25.4 Å². The maximum atomic E-state index is 8.92. The summed E-state index contributed by atoms with van der Waals surface area (Å²) in [6.07, 6.45) is 2.24. The third-order valence-corrected chi connectivity index (χ3v) is 4.68. The zero-order chi connectivity index (χ0) is 17.1. The van der Waals surface area contributed by atoms with Crippen LogP contribution >= 0.6 is 0 Å². The molecule has 1 aliphatic rings. The standard InChI is InChI=1S/C20H19N5/c21-13-15-8-10-16(11-9-15)14-25-12-4-7-18(25)20-22-19(23-24-20)17-5-2-1-3-6-17/h1-3,5-6,8-11,18H,4,7,12,14H2,(H,22,23,24). The van der Waals surface area contributed by atoms with Crippen LogP contribution in [0, 0.1) is 11.3 Å². The van der Waals surface area contributed by atoms with Gasteiger partial charge < -0.3 is 0 Å². The highest BCUT2D eigenvalue weighted by atomic mass is 15.3. The molecule has 2 aromatic carbocycles. The maximum Gasteiger partial charge on any atom is 0.181 e. The number of hydrogen-bond donors (Lipinski definition) is 1. The molecule has 2 heterocycles. The largest absolute Gasteiger partial charge is 0.289 e. The van der Waals surface area contributed by atoms with Gasteiger partial charge in [-0.1, -0.05) is 42.5 Å². The molecule has 5 nitrogen and oxygen atoms in total. The Kier molecular flexibility index (Phi) is 4.28. The number of aromatic nitrogens is 3. The van der Waals surface area contributed by atoms with Gasteiger partial charge in [0.15, 0.2) is 5.82 Å². The molecule has 25 heavy (non-hydrogen) atoms. The molecule has 1 fully saturated rings. The normalized spacial score (nSPS) is 17.5. The summed E-state index contributed by atoms with van der Waals surface area (Å²) in [6.45, 7) is 1.91. The second-order valence-electron chi connectivity index (χ2n) is 6.35. The zero-order valence-corrected chi connectivity index (χ0v) is 13.9. The molecular weight excluding hydrogens is 310 g/mol. The van der Waals surface area contributed by atoms with Crippen LogP contribution in [-0.4, -0.2) is 26.6 Å². The Balaban J connectivity index is 1.51. The molecule has 1 atom stereocenters. The van der Waals surface area contributed by atoms with E-state index in [0.29, 0.717) is 5.56 Å². The fraction of sp³-hybridized carbons (Fsp3) is 0.250. The molecule has 0 spiro atoms. The molecule has 0 radical (unpaired) electrons. The number of benzene rings is 2. The van der Waals surface area contributed by atoms with E-state index in [2.05, 4.69) is 21.2 Å².